The highest BCUT2D eigenvalue weighted by Gasteiger charge is 2.20. The van der Waals surface area contributed by atoms with E-state index in [-0.39, 0.29) is 11.7 Å². The van der Waals surface area contributed by atoms with Gasteiger partial charge >= 0.3 is 0 Å². The van der Waals surface area contributed by atoms with Crippen molar-refractivity contribution in [3.05, 3.63) is 12.2 Å². The van der Waals surface area contributed by atoms with E-state index in [1.54, 1.807) is 6.92 Å². The van der Waals surface area contributed by atoms with Crippen LogP contribution in [0.3, 0.4) is 0 Å². The Morgan fingerprint density at radius 3 is 2.09 bits per heavy atom. The second-order valence-corrected chi connectivity index (χ2v) is 3.23. The third-order valence-corrected chi connectivity index (χ3v) is 1.82. The molecule has 0 radical (unpaired) electrons. The minimum atomic E-state index is -0.0486. The predicted molar refractivity (Wildman–Crippen MR) is 47.2 cm³/mol. The Kier molecular flexibility index (Phi) is 4.04. The van der Waals surface area contributed by atoms with Gasteiger partial charge in [-0.05, 0) is 18.4 Å². The summed E-state index contributed by atoms with van der Waals surface area (Å²) in [6.45, 7) is 9.75. The minimum Gasteiger partial charge on any atom is -0.330 e. The van der Waals surface area contributed by atoms with Crippen LogP contribution in [0, 0.1) is 11.8 Å². The molecular weight excluding hydrogens is 138 g/mol. The maximum atomic E-state index is 11.3. The average Bonchev–Trinajstić information content (AvgIpc) is 1.88. The van der Waals surface area contributed by atoms with Gasteiger partial charge in [-0.15, -0.1) is 0 Å². The number of nitrogens with two attached hydrogens (primary N) is 1. The number of carbonyl (C=O) groups excluding carboxylic acids is 1. The highest BCUT2D eigenvalue weighted by atomic mass is 16.1. The number of hydrogen-bond acceptors (Lipinski definition) is 2. The summed E-state index contributed by atoms with van der Waals surface area (Å²) in [4.78, 5) is 11.3. The molecule has 0 heterocycles. The van der Waals surface area contributed by atoms with Crippen LogP contribution in [-0.4, -0.2) is 12.3 Å². The molecule has 2 N–H and O–H groups in total. The lowest BCUT2D eigenvalue weighted by molar-refractivity contribution is -0.120. The van der Waals surface area contributed by atoms with Gasteiger partial charge in [-0.25, -0.2) is 0 Å². The second-order valence-electron chi connectivity index (χ2n) is 3.23. The maximum Gasteiger partial charge on any atom is 0.162 e. The summed E-state index contributed by atoms with van der Waals surface area (Å²) < 4.78 is 0. The molecule has 0 spiro atoms. The molecule has 2 nitrogen and oxygen atoms in total. The Morgan fingerprint density at radius 2 is 2.00 bits per heavy atom. The van der Waals surface area contributed by atoms with E-state index < -0.39 is 0 Å². The van der Waals surface area contributed by atoms with Crippen LogP contribution in [0.5, 0.6) is 0 Å². The van der Waals surface area contributed by atoms with E-state index >= 15 is 0 Å². The lowest BCUT2D eigenvalue weighted by Gasteiger charge is -2.16. The third-order valence-electron chi connectivity index (χ3n) is 1.82. The van der Waals surface area contributed by atoms with Crippen molar-refractivity contribution in [1.29, 1.82) is 0 Å². The molecule has 0 saturated heterocycles. The van der Waals surface area contributed by atoms with Crippen LogP contribution >= 0.6 is 0 Å². The van der Waals surface area contributed by atoms with Crippen LogP contribution in [-0.2, 0) is 4.79 Å². The van der Waals surface area contributed by atoms with Crippen LogP contribution in [0.2, 0.25) is 0 Å². The SMILES string of the molecule is C=C(C)C(=O)C(CN)C(C)C. The zero-order valence-electron chi connectivity index (χ0n) is 7.55. The van der Waals surface area contributed by atoms with Gasteiger partial charge in [0.15, 0.2) is 5.78 Å². The van der Waals surface area contributed by atoms with Gasteiger partial charge in [-0.2, -0.15) is 0 Å². The Labute approximate surface area is 68.5 Å². The smallest absolute Gasteiger partial charge is 0.162 e. The Hall–Kier alpha value is -0.630. The van der Waals surface area contributed by atoms with Gasteiger partial charge in [-0.3, -0.25) is 4.79 Å². The molecular formula is C9H17NO. The first-order valence-electron chi connectivity index (χ1n) is 3.90. The summed E-state index contributed by atoms with van der Waals surface area (Å²) in [7, 11) is 0. The molecule has 0 rings (SSSR count). The molecule has 2 heteroatoms. The molecule has 0 bridgehead atoms. The molecule has 0 saturated carbocycles. The summed E-state index contributed by atoms with van der Waals surface area (Å²) in [6.07, 6.45) is 0. The van der Waals surface area contributed by atoms with Crippen molar-refractivity contribution in [1.82, 2.24) is 0 Å². The molecule has 0 fully saturated rings. The van der Waals surface area contributed by atoms with Gasteiger partial charge in [-0.1, -0.05) is 20.4 Å². The number of Topliss-reactive ketones (excluding diaryl/α,β-unsaturated/α-hetero) is 1. The standard InChI is InChI=1S/C9H17NO/c1-6(2)8(5-10)9(11)7(3)4/h6,8H,3,5,10H2,1-2,4H3. The van der Waals surface area contributed by atoms with Crippen molar-refractivity contribution in [3.63, 3.8) is 0 Å². The average molecular weight is 155 g/mol. The maximum absolute atomic E-state index is 11.3. The van der Waals surface area contributed by atoms with Crippen LogP contribution in [0.4, 0.5) is 0 Å². The number of rotatable bonds is 4. The number of ketones is 1. The predicted octanol–water partition coefficient (Wildman–Crippen LogP) is 1.36. The summed E-state index contributed by atoms with van der Waals surface area (Å²) >= 11 is 0. The van der Waals surface area contributed by atoms with Gasteiger partial charge in [0.25, 0.3) is 0 Å². The van der Waals surface area contributed by atoms with Crippen molar-refractivity contribution in [2.45, 2.75) is 20.8 Å². The van der Waals surface area contributed by atoms with E-state index in [0.717, 1.165) is 0 Å². The number of hydrogen-bond donors (Lipinski definition) is 1. The first-order valence-corrected chi connectivity index (χ1v) is 3.90. The molecule has 0 aliphatic rings. The van der Waals surface area contributed by atoms with Gasteiger partial charge in [0.1, 0.15) is 0 Å². The van der Waals surface area contributed by atoms with E-state index in [1.165, 1.54) is 0 Å². The highest BCUT2D eigenvalue weighted by molar-refractivity contribution is 5.96. The summed E-state index contributed by atoms with van der Waals surface area (Å²) in [6, 6.07) is 0. The molecule has 0 aromatic heterocycles. The molecule has 0 aliphatic heterocycles. The molecule has 1 unspecified atom stereocenters. The Balaban J connectivity index is 4.26. The van der Waals surface area contributed by atoms with Crippen molar-refractivity contribution in [2.75, 3.05) is 6.54 Å². The van der Waals surface area contributed by atoms with Crippen molar-refractivity contribution in [3.8, 4) is 0 Å². The monoisotopic (exact) mass is 155 g/mol. The fraction of sp³-hybridized carbons (Fsp3) is 0.667. The Bertz CT molecular complexity index is 161. The van der Waals surface area contributed by atoms with Crippen LogP contribution < -0.4 is 5.73 Å². The van der Waals surface area contributed by atoms with Gasteiger partial charge in [0.2, 0.25) is 0 Å². The van der Waals surface area contributed by atoms with Gasteiger partial charge < -0.3 is 5.73 Å². The van der Waals surface area contributed by atoms with E-state index in [4.69, 9.17) is 5.73 Å². The van der Waals surface area contributed by atoms with Crippen molar-refractivity contribution >= 4 is 5.78 Å². The van der Waals surface area contributed by atoms with E-state index in [1.807, 2.05) is 13.8 Å². The molecule has 0 aromatic carbocycles. The van der Waals surface area contributed by atoms with Gasteiger partial charge in [0.05, 0.1) is 0 Å². The zero-order chi connectivity index (χ0) is 9.02. The van der Waals surface area contributed by atoms with Crippen LogP contribution in [0.15, 0.2) is 12.2 Å². The van der Waals surface area contributed by atoms with E-state index in [2.05, 4.69) is 6.58 Å². The highest BCUT2D eigenvalue weighted by Crippen LogP contribution is 2.13. The molecule has 0 aliphatic carbocycles. The molecule has 0 aromatic rings. The number of carbonyl (C=O) groups is 1. The van der Waals surface area contributed by atoms with E-state index in [0.29, 0.717) is 18.0 Å². The molecule has 64 valence electrons. The first kappa shape index (κ1) is 10.4. The van der Waals surface area contributed by atoms with Crippen molar-refractivity contribution in [2.24, 2.45) is 17.6 Å². The minimum absolute atomic E-state index is 0.0486. The summed E-state index contributed by atoms with van der Waals surface area (Å²) in [5.41, 5.74) is 6.06. The lowest BCUT2D eigenvalue weighted by atomic mass is 9.89. The fourth-order valence-corrected chi connectivity index (χ4v) is 0.998. The third kappa shape index (κ3) is 2.85. The Morgan fingerprint density at radius 1 is 1.55 bits per heavy atom. The quantitative estimate of drug-likeness (QED) is 0.623. The molecule has 11 heavy (non-hydrogen) atoms. The lowest BCUT2D eigenvalue weighted by Crippen LogP contribution is -2.28. The first-order chi connectivity index (χ1) is 5.00. The largest absolute Gasteiger partial charge is 0.330 e. The van der Waals surface area contributed by atoms with Gasteiger partial charge in [0, 0.05) is 12.5 Å². The molecule has 0 amide bonds. The van der Waals surface area contributed by atoms with Crippen molar-refractivity contribution < 1.29 is 4.79 Å². The second kappa shape index (κ2) is 4.29. The summed E-state index contributed by atoms with van der Waals surface area (Å²) in [5.74, 6) is 0.360. The molecule has 1 atom stereocenters. The normalized spacial score (nSPS) is 13.2. The summed E-state index contributed by atoms with van der Waals surface area (Å²) in [5, 5.41) is 0. The van der Waals surface area contributed by atoms with Crippen LogP contribution in [0.1, 0.15) is 20.8 Å². The van der Waals surface area contributed by atoms with Crippen LogP contribution in [0.25, 0.3) is 0 Å². The topological polar surface area (TPSA) is 43.1 Å². The number of allylic oxidation sites excluding steroid dienone is 1. The zero-order valence-corrected chi connectivity index (χ0v) is 7.55. The fourth-order valence-electron chi connectivity index (χ4n) is 0.998. The van der Waals surface area contributed by atoms with E-state index in [9.17, 15) is 4.79 Å².